The SMILES string of the molecule is CCOc1cc(C=Nn2c(-c3cc(C(C)C)c(OCC)cc3C)nc3ccccc3c2=O)ccc1OC. The summed E-state index contributed by atoms with van der Waals surface area (Å²) in [6.07, 6.45) is 1.64. The number of rotatable bonds is 9. The average molecular weight is 500 g/mol. The third-order valence-electron chi connectivity index (χ3n) is 6.08. The molecule has 4 rings (SSSR count). The number of hydrogen-bond acceptors (Lipinski definition) is 6. The molecule has 37 heavy (non-hydrogen) atoms. The summed E-state index contributed by atoms with van der Waals surface area (Å²) in [6, 6.07) is 16.9. The minimum atomic E-state index is -0.241. The third kappa shape index (κ3) is 5.35. The highest BCUT2D eigenvalue weighted by Crippen LogP contribution is 2.34. The number of para-hydroxylation sites is 1. The lowest BCUT2D eigenvalue weighted by Crippen LogP contribution is -2.21. The summed E-state index contributed by atoms with van der Waals surface area (Å²) in [6.45, 7) is 11.2. The highest BCUT2D eigenvalue weighted by atomic mass is 16.5. The third-order valence-corrected chi connectivity index (χ3v) is 6.08. The van der Waals surface area contributed by atoms with Crippen LogP contribution in [0, 0.1) is 6.92 Å². The van der Waals surface area contributed by atoms with Crippen molar-refractivity contribution >= 4 is 17.1 Å². The van der Waals surface area contributed by atoms with Gasteiger partial charge >= 0.3 is 0 Å². The van der Waals surface area contributed by atoms with Crippen molar-refractivity contribution in [1.82, 2.24) is 9.66 Å². The summed E-state index contributed by atoms with van der Waals surface area (Å²) in [5, 5.41) is 5.12. The van der Waals surface area contributed by atoms with Gasteiger partial charge in [-0.25, -0.2) is 4.98 Å². The van der Waals surface area contributed by atoms with E-state index in [1.165, 1.54) is 4.68 Å². The molecule has 0 saturated heterocycles. The Bertz CT molecular complexity index is 1510. The molecule has 0 spiro atoms. The van der Waals surface area contributed by atoms with Gasteiger partial charge in [0.1, 0.15) is 5.75 Å². The van der Waals surface area contributed by atoms with Crippen molar-refractivity contribution in [1.29, 1.82) is 0 Å². The summed E-state index contributed by atoms with van der Waals surface area (Å²) < 4.78 is 18.4. The van der Waals surface area contributed by atoms with E-state index in [1.54, 1.807) is 19.4 Å². The highest BCUT2D eigenvalue weighted by Gasteiger charge is 2.18. The van der Waals surface area contributed by atoms with Crippen LogP contribution in [0.4, 0.5) is 0 Å². The van der Waals surface area contributed by atoms with E-state index in [1.807, 2.05) is 63.2 Å². The molecular formula is C30H33N3O4. The Labute approximate surface area is 217 Å². The van der Waals surface area contributed by atoms with Gasteiger partial charge in [-0.15, -0.1) is 0 Å². The molecule has 0 radical (unpaired) electrons. The van der Waals surface area contributed by atoms with Crippen LogP contribution in [0.15, 0.2) is 64.5 Å². The minimum Gasteiger partial charge on any atom is -0.494 e. The summed E-state index contributed by atoms with van der Waals surface area (Å²) >= 11 is 0. The number of methoxy groups -OCH3 is 1. The first-order valence-corrected chi connectivity index (χ1v) is 12.5. The van der Waals surface area contributed by atoms with Gasteiger partial charge in [0.15, 0.2) is 17.3 Å². The number of hydrogen-bond donors (Lipinski definition) is 0. The molecule has 0 N–H and O–H groups in total. The zero-order valence-corrected chi connectivity index (χ0v) is 22.2. The number of ether oxygens (including phenoxy) is 3. The van der Waals surface area contributed by atoms with Gasteiger partial charge in [0.2, 0.25) is 0 Å². The predicted molar refractivity (Wildman–Crippen MR) is 149 cm³/mol. The number of benzene rings is 3. The lowest BCUT2D eigenvalue weighted by Gasteiger charge is -2.18. The standard InChI is InChI=1S/C30H33N3O4/c1-7-36-27-15-20(5)24(17-23(27)19(3)4)29-32-25-12-10-9-11-22(25)30(34)33(29)31-18-21-13-14-26(35-6)28(16-21)37-8-2/h9-19H,7-8H2,1-6H3. The zero-order valence-electron chi connectivity index (χ0n) is 22.2. The predicted octanol–water partition coefficient (Wildman–Crippen LogP) is 6.18. The molecule has 0 bridgehead atoms. The quantitative estimate of drug-likeness (QED) is 0.257. The van der Waals surface area contributed by atoms with E-state index in [-0.39, 0.29) is 11.5 Å². The van der Waals surface area contributed by atoms with Crippen LogP contribution in [0.2, 0.25) is 0 Å². The fourth-order valence-electron chi connectivity index (χ4n) is 4.24. The molecule has 7 heteroatoms. The van der Waals surface area contributed by atoms with Gasteiger partial charge < -0.3 is 14.2 Å². The highest BCUT2D eigenvalue weighted by molar-refractivity contribution is 5.83. The van der Waals surface area contributed by atoms with E-state index < -0.39 is 0 Å². The van der Waals surface area contributed by atoms with E-state index in [4.69, 9.17) is 19.2 Å². The molecule has 4 aromatic rings. The van der Waals surface area contributed by atoms with Crippen molar-refractivity contribution in [3.05, 3.63) is 81.6 Å². The molecule has 1 aromatic heterocycles. The maximum absolute atomic E-state index is 13.7. The maximum atomic E-state index is 13.7. The molecule has 7 nitrogen and oxygen atoms in total. The fraction of sp³-hybridized carbons (Fsp3) is 0.300. The van der Waals surface area contributed by atoms with E-state index in [9.17, 15) is 4.79 Å². The molecule has 0 unspecified atom stereocenters. The molecule has 3 aromatic carbocycles. The zero-order chi connectivity index (χ0) is 26.5. The van der Waals surface area contributed by atoms with Crippen LogP contribution in [0.1, 0.15) is 50.3 Å². The van der Waals surface area contributed by atoms with Crippen LogP contribution < -0.4 is 19.8 Å². The molecule has 0 aliphatic rings. The molecule has 0 saturated carbocycles. The van der Waals surface area contributed by atoms with Crippen LogP contribution in [0.5, 0.6) is 17.2 Å². The molecule has 0 amide bonds. The number of aromatic nitrogens is 2. The Morgan fingerprint density at radius 3 is 2.41 bits per heavy atom. The van der Waals surface area contributed by atoms with Gasteiger partial charge in [-0.1, -0.05) is 26.0 Å². The van der Waals surface area contributed by atoms with Crippen LogP contribution in [-0.2, 0) is 0 Å². The monoisotopic (exact) mass is 499 g/mol. The van der Waals surface area contributed by atoms with Crippen molar-refractivity contribution in [2.45, 2.75) is 40.5 Å². The first kappa shape index (κ1) is 25.9. The van der Waals surface area contributed by atoms with Gasteiger partial charge in [-0.05, 0) is 85.8 Å². The molecule has 1 heterocycles. The summed E-state index contributed by atoms with van der Waals surface area (Å²) in [5.41, 5.74) is 3.98. The first-order chi connectivity index (χ1) is 17.9. The molecule has 0 atom stereocenters. The normalized spacial score (nSPS) is 11.4. The van der Waals surface area contributed by atoms with Crippen molar-refractivity contribution < 1.29 is 14.2 Å². The first-order valence-electron chi connectivity index (χ1n) is 12.5. The van der Waals surface area contributed by atoms with Gasteiger partial charge in [-0.3, -0.25) is 4.79 Å². The second-order valence-corrected chi connectivity index (χ2v) is 8.95. The van der Waals surface area contributed by atoms with E-state index >= 15 is 0 Å². The van der Waals surface area contributed by atoms with Crippen molar-refractivity contribution in [2.24, 2.45) is 5.10 Å². The van der Waals surface area contributed by atoms with Gasteiger partial charge in [0.05, 0.1) is 37.4 Å². The van der Waals surface area contributed by atoms with E-state index in [2.05, 4.69) is 25.0 Å². The average Bonchev–Trinajstić information content (AvgIpc) is 2.88. The molecule has 0 fully saturated rings. The Kier molecular flexibility index (Phi) is 7.92. The second-order valence-electron chi connectivity index (χ2n) is 8.95. The van der Waals surface area contributed by atoms with Gasteiger partial charge in [-0.2, -0.15) is 9.78 Å². The Morgan fingerprint density at radius 2 is 1.70 bits per heavy atom. The fourth-order valence-corrected chi connectivity index (χ4v) is 4.24. The lowest BCUT2D eigenvalue weighted by atomic mass is 9.96. The molecular weight excluding hydrogens is 466 g/mol. The smallest absolute Gasteiger partial charge is 0.282 e. The Balaban J connectivity index is 1.93. The van der Waals surface area contributed by atoms with Crippen LogP contribution in [0.25, 0.3) is 22.3 Å². The number of nitrogens with zero attached hydrogens (tertiary/aromatic N) is 3. The minimum absolute atomic E-state index is 0.223. The van der Waals surface area contributed by atoms with Crippen LogP contribution in [-0.4, -0.2) is 36.2 Å². The van der Waals surface area contributed by atoms with Gasteiger partial charge in [0, 0.05) is 5.56 Å². The number of fused-ring (bicyclic) bond motifs is 1. The Morgan fingerprint density at radius 1 is 0.973 bits per heavy atom. The lowest BCUT2D eigenvalue weighted by molar-refractivity contribution is 0.311. The summed E-state index contributed by atoms with van der Waals surface area (Å²) in [4.78, 5) is 18.5. The topological polar surface area (TPSA) is 74.9 Å². The number of aryl methyl sites for hydroxylation is 1. The second kappa shape index (κ2) is 11.3. The van der Waals surface area contributed by atoms with Crippen molar-refractivity contribution in [3.63, 3.8) is 0 Å². The van der Waals surface area contributed by atoms with Crippen LogP contribution >= 0.6 is 0 Å². The van der Waals surface area contributed by atoms with Crippen molar-refractivity contribution in [3.8, 4) is 28.6 Å². The van der Waals surface area contributed by atoms with Gasteiger partial charge in [0.25, 0.3) is 5.56 Å². The Hall–Kier alpha value is -4.13. The molecule has 0 aliphatic heterocycles. The largest absolute Gasteiger partial charge is 0.494 e. The maximum Gasteiger partial charge on any atom is 0.282 e. The summed E-state index contributed by atoms with van der Waals surface area (Å²) in [7, 11) is 1.60. The summed E-state index contributed by atoms with van der Waals surface area (Å²) in [5.74, 6) is 2.79. The van der Waals surface area contributed by atoms with Crippen molar-refractivity contribution in [2.75, 3.05) is 20.3 Å². The van der Waals surface area contributed by atoms with E-state index in [0.29, 0.717) is 41.4 Å². The van der Waals surface area contributed by atoms with Crippen LogP contribution in [0.3, 0.4) is 0 Å². The molecule has 0 aliphatic carbocycles. The van der Waals surface area contributed by atoms with E-state index in [0.717, 1.165) is 28.0 Å². The molecule has 192 valence electrons.